The Morgan fingerprint density at radius 1 is 0.865 bits per heavy atom. The number of phenolic OH excluding ortho intramolecular Hbond substituents is 1. The van der Waals surface area contributed by atoms with Crippen LogP contribution >= 0.6 is 7.82 Å². The minimum Gasteiger partial charge on any atom is -1.00 e. The van der Waals surface area contributed by atoms with Gasteiger partial charge in [0.2, 0.25) is 0 Å². The molecule has 0 aromatic heterocycles. The molecule has 6 nitrogen and oxygen atoms in total. The Kier molecular flexibility index (Phi) is 16.9. The Morgan fingerprint density at radius 3 is 1.81 bits per heavy atom. The van der Waals surface area contributed by atoms with E-state index in [9.17, 15) is 5.11 Å². The Morgan fingerprint density at radius 2 is 1.32 bits per heavy atom. The van der Waals surface area contributed by atoms with Crippen molar-refractivity contribution in [2.45, 2.75) is 132 Å². The number of phosphoric acid groups is 1. The molecule has 8 heteroatoms. The average molecular weight is 553 g/mol. The molecular weight excluding hydrogens is 498 g/mol. The normalized spacial score (nSPS) is 18.7. The fraction of sp³-hybridized carbons (Fsp3) is 0.793. The van der Waals surface area contributed by atoms with Gasteiger partial charge in [-0.2, -0.15) is 0 Å². The van der Waals surface area contributed by atoms with Crippen molar-refractivity contribution >= 4 is 7.82 Å². The number of hydrogen-bond donors (Lipinski definition) is 4. The number of phenols is 1. The Bertz CT molecular complexity index is 867. The van der Waals surface area contributed by atoms with Crippen LogP contribution in [0, 0.1) is 38.5 Å². The van der Waals surface area contributed by atoms with Gasteiger partial charge < -0.3 is 26.0 Å². The average Bonchev–Trinajstić information content (AvgIpc) is 2.74. The van der Waals surface area contributed by atoms with E-state index in [4.69, 9.17) is 24.0 Å². The van der Waals surface area contributed by atoms with Crippen molar-refractivity contribution in [1.29, 1.82) is 0 Å². The van der Waals surface area contributed by atoms with Gasteiger partial charge in [-0.25, -0.2) is 4.57 Å². The summed E-state index contributed by atoms with van der Waals surface area (Å²) in [7, 11) is -4.64. The van der Waals surface area contributed by atoms with Crippen LogP contribution in [0.25, 0.3) is 0 Å². The Hall–Kier alpha value is -0.0700. The van der Waals surface area contributed by atoms with E-state index in [2.05, 4.69) is 41.5 Å². The molecule has 1 aliphatic heterocycles. The van der Waals surface area contributed by atoms with E-state index in [1.165, 1.54) is 56.9 Å². The van der Waals surface area contributed by atoms with Crippen LogP contribution in [0.3, 0.4) is 0 Å². The van der Waals surface area contributed by atoms with Crippen molar-refractivity contribution in [2.24, 2.45) is 17.8 Å². The van der Waals surface area contributed by atoms with Gasteiger partial charge in [0.1, 0.15) is 17.1 Å². The van der Waals surface area contributed by atoms with Crippen LogP contribution in [0.15, 0.2) is 0 Å². The molecule has 3 atom stereocenters. The summed E-state index contributed by atoms with van der Waals surface area (Å²) in [4.78, 5) is 21.6. The molecule has 1 aromatic rings. The number of hydrogen-bond acceptors (Lipinski definition) is 3. The van der Waals surface area contributed by atoms with Gasteiger partial charge in [-0.05, 0) is 87.8 Å². The monoisotopic (exact) mass is 552 g/mol. The van der Waals surface area contributed by atoms with E-state index in [-0.39, 0.29) is 36.6 Å². The van der Waals surface area contributed by atoms with Crippen molar-refractivity contribution in [3.05, 3.63) is 22.3 Å². The molecule has 1 heterocycles. The number of ether oxygens (including phenoxy) is 1. The van der Waals surface area contributed by atoms with Crippen molar-refractivity contribution in [2.75, 3.05) is 0 Å². The van der Waals surface area contributed by atoms with Gasteiger partial charge in [-0.15, -0.1) is 0 Å². The molecule has 0 saturated carbocycles. The molecule has 2 rings (SSSR count). The molecule has 0 saturated heterocycles. The van der Waals surface area contributed by atoms with Crippen LogP contribution in [-0.2, 0) is 11.0 Å². The van der Waals surface area contributed by atoms with Gasteiger partial charge in [0, 0.05) is 5.56 Å². The zero-order valence-corrected chi connectivity index (χ0v) is 28.0. The largest absolute Gasteiger partial charge is 1.00 e. The zero-order valence-electron chi connectivity index (χ0n) is 26.1. The van der Waals surface area contributed by atoms with Crippen molar-refractivity contribution in [3.8, 4) is 11.5 Å². The maximum atomic E-state index is 10.4. The summed E-state index contributed by atoms with van der Waals surface area (Å²) < 4.78 is 15.5. The number of aromatic hydroxyl groups is 1. The summed E-state index contributed by atoms with van der Waals surface area (Å²) in [5.74, 6) is 4.04. The van der Waals surface area contributed by atoms with Gasteiger partial charge >= 0.3 is 37.4 Å². The summed E-state index contributed by atoms with van der Waals surface area (Å²) in [5.41, 5.74) is 4.23. The first kappa shape index (κ1) is 36.9. The molecule has 2 unspecified atom stereocenters. The summed E-state index contributed by atoms with van der Waals surface area (Å²) in [5, 5.41) is 10.4. The predicted molar refractivity (Wildman–Crippen MR) is 150 cm³/mol. The molecule has 0 fully saturated rings. The van der Waals surface area contributed by atoms with Crippen LogP contribution in [0.5, 0.6) is 11.5 Å². The fourth-order valence-electron chi connectivity index (χ4n) is 5.27. The van der Waals surface area contributed by atoms with Gasteiger partial charge in [-0.3, -0.25) is 0 Å². The Labute approximate surface area is 250 Å². The smallest absolute Gasteiger partial charge is 1.00 e. The molecule has 37 heavy (non-hydrogen) atoms. The molecule has 212 valence electrons. The second kappa shape index (κ2) is 16.9. The van der Waals surface area contributed by atoms with Crippen molar-refractivity contribution < 1.29 is 60.1 Å². The second-order valence-electron chi connectivity index (χ2n) is 12.0. The molecular formula is C29H54NaO6P. The molecule has 0 amide bonds. The van der Waals surface area contributed by atoms with Crippen LogP contribution in [-0.4, -0.2) is 25.4 Å². The van der Waals surface area contributed by atoms with Gasteiger partial charge in [0.25, 0.3) is 0 Å². The van der Waals surface area contributed by atoms with Gasteiger partial charge in [0.05, 0.1) is 0 Å². The quantitative estimate of drug-likeness (QED) is 0.214. The maximum Gasteiger partial charge on any atom is 1.00 e. The van der Waals surface area contributed by atoms with E-state index in [1.54, 1.807) is 0 Å². The fourth-order valence-corrected chi connectivity index (χ4v) is 5.27. The first-order valence-corrected chi connectivity index (χ1v) is 15.4. The van der Waals surface area contributed by atoms with Crippen molar-refractivity contribution in [3.63, 3.8) is 0 Å². The number of benzene rings is 1. The SMILES string of the molecule is Cc1c(C)c2c(c(C)c1O)CC[C@@](C)(CCCC(C)CCCC(C)CCCC(C)C)O2.O=P(O)(O)O.[H-].[Na+]. The minimum atomic E-state index is -4.64. The molecule has 1 aromatic carbocycles. The third-order valence-corrected chi connectivity index (χ3v) is 7.87. The Balaban J connectivity index is 0. The predicted octanol–water partition coefficient (Wildman–Crippen LogP) is 5.03. The van der Waals surface area contributed by atoms with E-state index in [0.717, 1.165) is 59.5 Å². The third-order valence-electron chi connectivity index (χ3n) is 7.87. The summed E-state index contributed by atoms with van der Waals surface area (Å²) in [6.45, 7) is 17.9. The van der Waals surface area contributed by atoms with E-state index >= 15 is 0 Å². The van der Waals surface area contributed by atoms with Crippen molar-refractivity contribution in [1.82, 2.24) is 0 Å². The molecule has 0 aliphatic carbocycles. The van der Waals surface area contributed by atoms with Crippen LogP contribution in [0.4, 0.5) is 0 Å². The van der Waals surface area contributed by atoms with Crippen LogP contribution < -0.4 is 34.3 Å². The molecule has 0 radical (unpaired) electrons. The zero-order chi connectivity index (χ0) is 27.7. The van der Waals surface area contributed by atoms with Gasteiger partial charge in [-0.1, -0.05) is 72.6 Å². The maximum absolute atomic E-state index is 10.4. The molecule has 4 N–H and O–H groups in total. The first-order chi connectivity index (χ1) is 16.5. The standard InChI is InChI=1S/C29H50O2.Na.H3O4P.H/c1-20(2)12-9-13-21(3)14-10-15-22(4)16-11-18-29(8)19-17-26-25(7)27(30)23(5)24(6)28(26)31-29;;1-5(2,3)4;/h20-22,30H,9-19H2,1-8H3;;(H3,1,2,3,4);/q;+1;;-1/t21?,22?,29-;;;/m1.../s1. The molecule has 0 bridgehead atoms. The van der Waals surface area contributed by atoms with Crippen LogP contribution in [0.1, 0.15) is 123 Å². The minimum absolute atomic E-state index is 0. The number of rotatable bonds is 12. The summed E-state index contributed by atoms with van der Waals surface area (Å²) in [6.07, 6.45) is 14.1. The van der Waals surface area contributed by atoms with E-state index in [1.807, 2.05) is 13.8 Å². The number of fused-ring (bicyclic) bond motifs is 1. The molecule has 1 aliphatic rings. The van der Waals surface area contributed by atoms with Gasteiger partial charge in [0.15, 0.2) is 0 Å². The first-order valence-electron chi connectivity index (χ1n) is 13.8. The summed E-state index contributed by atoms with van der Waals surface area (Å²) >= 11 is 0. The second-order valence-corrected chi connectivity index (χ2v) is 13.0. The van der Waals surface area contributed by atoms with Crippen LogP contribution in [0.2, 0.25) is 0 Å². The summed E-state index contributed by atoms with van der Waals surface area (Å²) in [6, 6.07) is 0. The topological polar surface area (TPSA) is 107 Å². The third kappa shape index (κ3) is 14.2. The van der Waals surface area contributed by atoms with E-state index < -0.39 is 7.82 Å². The molecule has 0 spiro atoms. The van der Waals surface area contributed by atoms with E-state index in [0.29, 0.717) is 5.75 Å².